The van der Waals surface area contributed by atoms with Crippen molar-refractivity contribution in [1.29, 1.82) is 0 Å². The number of anilines is 1. The number of halogens is 1. The van der Waals surface area contributed by atoms with Crippen LogP contribution in [0.3, 0.4) is 0 Å². The molecule has 1 atom stereocenters. The van der Waals surface area contributed by atoms with Crippen molar-refractivity contribution in [2.45, 2.75) is 29.0 Å². The van der Waals surface area contributed by atoms with E-state index in [-0.39, 0.29) is 0 Å². The quantitative estimate of drug-likeness (QED) is 0.740. The number of hydrogen-bond donors (Lipinski definition) is 1. The van der Waals surface area contributed by atoms with Gasteiger partial charge >= 0.3 is 0 Å². The summed E-state index contributed by atoms with van der Waals surface area (Å²) in [5, 5.41) is 13.2. The molecule has 1 aromatic carbocycles. The summed E-state index contributed by atoms with van der Waals surface area (Å²) >= 11 is 9.23. The Hall–Kier alpha value is -1.02. The van der Waals surface area contributed by atoms with E-state index < -0.39 is 0 Å². The van der Waals surface area contributed by atoms with Gasteiger partial charge in [0.2, 0.25) is 5.13 Å². The van der Waals surface area contributed by atoms with Gasteiger partial charge in [0, 0.05) is 29.5 Å². The van der Waals surface area contributed by atoms with E-state index in [9.17, 15) is 0 Å². The normalized spacial score (nSPS) is 17.4. The van der Waals surface area contributed by atoms with E-state index in [2.05, 4.69) is 15.5 Å². The molecule has 1 saturated heterocycles. The van der Waals surface area contributed by atoms with Crippen molar-refractivity contribution in [3.63, 3.8) is 0 Å². The first-order chi connectivity index (χ1) is 11.2. The fourth-order valence-electron chi connectivity index (χ4n) is 2.35. The number of thioether (sulfide) groups is 1. The Labute approximate surface area is 148 Å². The predicted molar refractivity (Wildman–Crippen MR) is 94.9 cm³/mol. The summed E-state index contributed by atoms with van der Waals surface area (Å²) in [7, 11) is 1.66. The molecule has 1 fully saturated rings. The van der Waals surface area contributed by atoms with Crippen molar-refractivity contribution in [2.24, 2.45) is 0 Å². The second kappa shape index (κ2) is 8.19. The van der Waals surface area contributed by atoms with Crippen molar-refractivity contribution < 1.29 is 9.47 Å². The molecular formula is C15H18ClN3O2S2. The van der Waals surface area contributed by atoms with Gasteiger partial charge in [-0.3, -0.25) is 0 Å². The fourth-order valence-corrected chi connectivity index (χ4v) is 4.28. The molecule has 0 radical (unpaired) electrons. The SMILES string of the molecule is COc1ccc(Cl)cc1CSc1nnc(NCC2CCCO2)s1. The maximum Gasteiger partial charge on any atom is 0.206 e. The zero-order valence-electron chi connectivity index (χ0n) is 12.8. The first-order valence-corrected chi connectivity index (χ1v) is 9.57. The van der Waals surface area contributed by atoms with Gasteiger partial charge in [-0.2, -0.15) is 0 Å². The average molecular weight is 372 g/mol. The number of rotatable bonds is 7. The highest BCUT2D eigenvalue weighted by atomic mass is 35.5. The highest BCUT2D eigenvalue weighted by Gasteiger charge is 2.16. The zero-order chi connectivity index (χ0) is 16.1. The summed E-state index contributed by atoms with van der Waals surface area (Å²) in [6.07, 6.45) is 2.55. The highest BCUT2D eigenvalue weighted by molar-refractivity contribution is 8.00. The lowest BCUT2D eigenvalue weighted by Crippen LogP contribution is -2.18. The van der Waals surface area contributed by atoms with Gasteiger partial charge in [-0.25, -0.2) is 0 Å². The molecule has 2 heterocycles. The molecule has 0 amide bonds. The third-order valence-corrected chi connectivity index (χ3v) is 5.80. The molecule has 0 aliphatic carbocycles. The molecule has 0 saturated carbocycles. The number of benzene rings is 1. The van der Waals surface area contributed by atoms with E-state index in [4.69, 9.17) is 21.1 Å². The van der Waals surface area contributed by atoms with Crippen molar-refractivity contribution in [2.75, 3.05) is 25.6 Å². The number of hydrogen-bond acceptors (Lipinski definition) is 7. The third kappa shape index (κ3) is 4.73. The molecule has 0 spiro atoms. The van der Waals surface area contributed by atoms with Crippen LogP contribution in [-0.4, -0.2) is 36.6 Å². The van der Waals surface area contributed by atoms with Crippen LogP contribution in [0.2, 0.25) is 5.02 Å². The Morgan fingerprint density at radius 1 is 1.48 bits per heavy atom. The van der Waals surface area contributed by atoms with Crippen LogP contribution in [0.1, 0.15) is 18.4 Å². The molecule has 5 nitrogen and oxygen atoms in total. The molecule has 0 bridgehead atoms. The molecule has 1 N–H and O–H groups in total. The Morgan fingerprint density at radius 2 is 2.39 bits per heavy atom. The lowest BCUT2D eigenvalue weighted by Gasteiger charge is -2.08. The molecule has 1 unspecified atom stereocenters. The minimum absolute atomic E-state index is 0.297. The van der Waals surface area contributed by atoms with E-state index in [0.29, 0.717) is 11.1 Å². The molecule has 124 valence electrons. The van der Waals surface area contributed by atoms with Gasteiger partial charge in [0.25, 0.3) is 0 Å². The maximum absolute atomic E-state index is 6.05. The summed E-state index contributed by atoms with van der Waals surface area (Å²) < 4.78 is 11.9. The van der Waals surface area contributed by atoms with Crippen LogP contribution >= 0.6 is 34.7 Å². The zero-order valence-corrected chi connectivity index (χ0v) is 15.1. The van der Waals surface area contributed by atoms with Gasteiger partial charge in [0.1, 0.15) is 5.75 Å². The van der Waals surface area contributed by atoms with Crippen LogP contribution in [0.5, 0.6) is 5.75 Å². The standard InChI is InChI=1S/C15H18ClN3O2S2/c1-20-13-5-4-11(16)7-10(13)9-22-15-19-18-14(23-15)17-8-12-3-2-6-21-12/h4-5,7,12H,2-3,6,8-9H2,1H3,(H,17,18). The van der Waals surface area contributed by atoms with Crippen LogP contribution in [0.25, 0.3) is 0 Å². The van der Waals surface area contributed by atoms with E-state index in [1.54, 1.807) is 30.2 Å². The van der Waals surface area contributed by atoms with Crippen molar-refractivity contribution in [3.05, 3.63) is 28.8 Å². The molecule has 23 heavy (non-hydrogen) atoms. The minimum atomic E-state index is 0.297. The van der Waals surface area contributed by atoms with Gasteiger partial charge in [-0.1, -0.05) is 34.7 Å². The van der Waals surface area contributed by atoms with Gasteiger partial charge in [0.15, 0.2) is 4.34 Å². The Balaban J connectivity index is 1.53. The van der Waals surface area contributed by atoms with Crippen LogP contribution < -0.4 is 10.1 Å². The second-order valence-corrected chi connectivity index (χ2v) is 7.77. The van der Waals surface area contributed by atoms with Crippen LogP contribution in [0.15, 0.2) is 22.5 Å². The largest absolute Gasteiger partial charge is 0.496 e. The molecule has 1 aliphatic heterocycles. The first-order valence-electron chi connectivity index (χ1n) is 7.39. The Kier molecular flexibility index (Phi) is 5.99. The monoisotopic (exact) mass is 371 g/mol. The summed E-state index contributed by atoms with van der Waals surface area (Å²) in [6.45, 7) is 1.66. The maximum atomic E-state index is 6.05. The number of ether oxygens (including phenoxy) is 2. The van der Waals surface area contributed by atoms with Gasteiger partial charge in [-0.05, 0) is 31.0 Å². The molecule has 8 heteroatoms. The van der Waals surface area contributed by atoms with Gasteiger partial charge < -0.3 is 14.8 Å². The van der Waals surface area contributed by atoms with Crippen LogP contribution in [0, 0.1) is 0 Å². The molecule has 2 aromatic rings. The highest BCUT2D eigenvalue weighted by Crippen LogP contribution is 2.32. The summed E-state index contributed by atoms with van der Waals surface area (Å²) in [6, 6.07) is 5.63. The van der Waals surface area contributed by atoms with Gasteiger partial charge in [-0.15, -0.1) is 10.2 Å². The smallest absolute Gasteiger partial charge is 0.206 e. The number of nitrogens with zero attached hydrogens (tertiary/aromatic N) is 2. The van der Waals surface area contributed by atoms with E-state index in [1.165, 1.54) is 0 Å². The average Bonchev–Trinajstić information content (AvgIpc) is 3.22. The fraction of sp³-hybridized carbons (Fsp3) is 0.467. The van der Waals surface area contributed by atoms with Crippen molar-refractivity contribution in [1.82, 2.24) is 10.2 Å². The topological polar surface area (TPSA) is 56.3 Å². The number of aromatic nitrogens is 2. The van der Waals surface area contributed by atoms with E-state index in [1.807, 2.05) is 18.2 Å². The summed E-state index contributed by atoms with van der Waals surface area (Å²) in [5.74, 6) is 1.58. The van der Waals surface area contributed by atoms with Crippen LogP contribution in [0.4, 0.5) is 5.13 Å². The summed E-state index contributed by atoms with van der Waals surface area (Å²) in [4.78, 5) is 0. The molecule has 1 aromatic heterocycles. The molecule has 1 aliphatic rings. The van der Waals surface area contributed by atoms with Gasteiger partial charge in [0.05, 0.1) is 13.2 Å². The number of nitrogens with one attached hydrogen (secondary N) is 1. The van der Waals surface area contributed by atoms with E-state index in [0.717, 1.165) is 52.5 Å². The van der Waals surface area contributed by atoms with Crippen molar-refractivity contribution in [3.8, 4) is 5.75 Å². The Bertz CT molecular complexity index is 647. The summed E-state index contributed by atoms with van der Waals surface area (Å²) in [5.41, 5.74) is 1.05. The van der Waals surface area contributed by atoms with E-state index >= 15 is 0 Å². The minimum Gasteiger partial charge on any atom is -0.496 e. The molecular weight excluding hydrogens is 354 g/mol. The first kappa shape index (κ1) is 16.8. The predicted octanol–water partition coefficient (Wildman–Crippen LogP) is 4.08. The second-order valence-electron chi connectivity index (χ2n) is 5.13. The van der Waals surface area contributed by atoms with Crippen LogP contribution in [-0.2, 0) is 10.5 Å². The molecule has 3 rings (SSSR count). The Morgan fingerprint density at radius 3 is 3.17 bits per heavy atom. The van der Waals surface area contributed by atoms with Crippen molar-refractivity contribution >= 4 is 39.8 Å². The lowest BCUT2D eigenvalue weighted by molar-refractivity contribution is 0.120. The lowest BCUT2D eigenvalue weighted by atomic mass is 10.2. The number of methoxy groups -OCH3 is 1. The third-order valence-electron chi connectivity index (χ3n) is 3.51.